The maximum absolute atomic E-state index is 10.1. The lowest BCUT2D eigenvalue weighted by molar-refractivity contribution is -0.480. The first-order valence-corrected chi connectivity index (χ1v) is 8.27. The van der Waals surface area contributed by atoms with E-state index >= 15 is 0 Å². The van der Waals surface area contributed by atoms with Gasteiger partial charge in [-0.05, 0) is 51.4 Å². The molecular weight excluding hydrogens is 278 g/mol. The summed E-state index contributed by atoms with van der Waals surface area (Å²) in [6, 6.07) is 0. The van der Waals surface area contributed by atoms with Crippen molar-refractivity contribution >= 4 is 6.29 Å². The number of nitro groups is 1. The largest absolute Gasteiger partial charge is 0.303 e. The standard InChI is InChI=1S/C18H29NO3/c20-18-16-14-12-10-8-6-4-2-1-3-5-7-9-11-13-15-17-19(21)22/h1-2,5-8,18H,3-4,9-17H2. The Labute approximate surface area is 134 Å². The average Bonchev–Trinajstić information content (AvgIpc) is 2.50. The van der Waals surface area contributed by atoms with Gasteiger partial charge in [0.1, 0.15) is 6.29 Å². The van der Waals surface area contributed by atoms with E-state index in [0.29, 0.717) is 12.8 Å². The molecule has 22 heavy (non-hydrogen) atoms. The Morgan fingerprint density at radius 1 is 0.682 bits per heavy atom. The second-order valence-corrected chi connectivity index (χ2v) is 5.24. The summed E-state index contributed by atoms with van der Waals surface area (Å²) in [6.45, 7) is 0.0943. The van der Waals surface area contributed by atoms with Gasteiger partial charge in [-0.2, -0.15) is 0 Å². The minimum Gasteiger partial charge on any atom is -0.303 e. The molecule has 124 valence electrons. The molecule has 4 heteroatoms. The number of unbranched alkanes of at least 4 members (excludes halogenated alkanes) is 6. The molecule has 0 bridgehead atoms. The van der Waals surface area contributed by atoms with Gasteiger partial charge in [-0.25, -0.2) is 0 Å². The molecule has 0 heterocycles. The lowest BCUT2D eigenvalue weighted by Gasteiger charge is -1.93. The molecular formula is C18H29NO3. The van der Waals surface area contributed by atoms with Crippen LogP contribution in [0.25, 0.3) is 0 Å². The van der Waals surface area contributed by atoms with Gasteiger partial charge >= 0.3 is 0 Å². The molecule has 0 aromatic carbocycles. The van der Waals surface area contributed by atoms with Crippen LogP contribution in [0.2, 0.25) is 0 Å². The maximum atomic E-state index is 10.1. The summed E-state index contributed by atoms with van der Waals surface area (Å²) < 4.78 is 0. The van der Waals surface area contributed by atoms with Crippen molar-refractivity contribution in [2.45, 2.75) is 64.2 Å². The summed E-state index contributed by atoms with van der Waals surface area (Å²) in [6.07, 6.45) is 23.3. The van der Waals surface area contributed by atoms with E-state index in [4.69, 9.17) is 0 Å². The van der Waals surface area contributed by atoms with Crippen LogP contribution in [0.1, 0.15) is 64.2 Å². The highest BCUT2D eigenvalue weighted by Crippen LogP contribution is 2.02. The number of rotatable bonds is 15. The SMILES string of the molecule is O=CCCCCC=CCC=CCC=CCCCCC[N+](=O)[O-]. The van der Waals surface area contributed by atoms with Crippen molar-refractivity contribution in [3.63, 3.8) is 0 Å². The number of allylic oxidation sites excluding steroid dienone is 6. The molecule has 0 aromatic heterocycles. The van der Waals surface area contributed by atoms with Gasteiger partial charge in [0, 0.05) is 17.8 Å². The Bertz CT molecular complexity index is 359. The summed E-state index contributed by atoms with van der Waals surface area (Å²) in [7, 11) is 0. The normalized spacial score (nSPS) is 11.8. The van der Waals surface area contributed by atoms with Gasteiger partial charge in [0.05, 0.1) is 0 Å². The summed E-state index contributed by atoms with van der Waals surface area (Å²) in [5.74, 6) is 0. The third-order valence-electron chi connectivity index (χ3n) is 3.20. The van der Waals surface area contributed by atoms with E-state index in [0.717, 1.165) is 57.7 Å². The molecule has 0 aliphatic rings. The van der Waals surface area contributed by atoms with Crippen molar-refractivity contribution in [3.05, 3.63) is 46.6 Å². The highest BCUT2D eigenvalue weighted by atomic mass is 16.6. The fourth-order valence-corrected chi connectivity index (χ4v) is 1.95. The first-order chi connectivity index (χ1) is 10.8. The van der Waals surface area contributed by atoms with Crippen molar-refractivity contribution in [3.8, 4) is 0 Å². The molecule has 0 atom stereocenters. The van der Waals surface area contributed by atoms with Gasteiger partial charge in [-0.3, -0.25) is 10.1 Å². The van der Waals surface area contributed by atoms with Gasteiger partial charge in [-0.15, -0.1) is 0 Å². The fraction of sp³-hybridized carbons (Fsp3) is 0.611. The molecule has 4 nitrogen and oxygen atoms in total. The first kappa shape index (κ1) is 20.3. The minimum atomic E-state index is -0.250. The zero-order chi connectivity index (χ0) is 16.3. The van der Waals surface area contributed by atoms with Crippen LogP contribution < -0.4 is 0 Å². The number of hydrogen-bond acceptors (Lipinski definition) is 3. The summed E-state index contributed by atoms with van der Waals surface area (Å²) >= 11 is 0. The highest BCUT2D eigenvalue weighted by Gasteiger charge is 1.94. The van der Waals surface area contributed by atoms with E-state index in [9.17, 15) is 14.9 Å². The lowest BCUT2D eigenvalue weighted by Crippen LogP contribution is -1.99. The Kier molecular flexibility index (Phi) is 16.0. The van der Waals surface area contributed by atoms with E-state index < -0.39 is 0 Å². The number of hydrogen-bond donors (Lipinski definition) is 0. The molecule has 0 aliphatic heterocycles. The van der Waals surface area contributed by atoms with E-state index in [-0.39, 0.29) is 11.5 Å². The summed E-state index contributed by atoms with van der Waals surface area (Å²) in [5.41, 5.74) is 0. The van der Waals surface area contributed by atoms with Crippen LogP contribution in [0.15, 0.2) is 36.5 Å². The van der Waals surface area contributed by atoms with Gasteiger partial charge in [0.25, 0.3) is 0 Å². The van der Waals surface area contributed by atoms with E-state index in [1.807, 2.05) is 0 Å². The number of carbonyl (C=O) groups is 1. The van der Waals surface area contributed by atoms with Crippen molar-refractivity contribution in [2.75, 3.05) is 6.54 Å². The number of carbonyl (C=O) groups excluding carboxylic acids is 1. The van der Waals surface area contributed by atoms with Crippen LogP contribution in [-0.4, -0.2) is 17.8 Å². The maximum Gasteiger partial charge on any atom is 0.203 e. The Hall–Kier alpha value is -1.71. The van der Waals surface area contributed by atoms with E-state index in [1.165, 1.54) is 0 Å². The van der Waals surface area contributed by atoms with Crippen LogP contribution >= 0.6 is 0 Å². The Morgan fingerprint density at radius 3 is 1.73 bits per heavy atom. The van der Waals surface area contributed by atoms with Crippen LogP contribution in [0.3, 0.4) is 0 Å². The topological polar surface area (TPSA) is 60.2 Å². The molecule has 0 saturated carbocycles. The van der Waals surface area contributed by atoms with Gasteiger partial charge in [-0.1, -0.05) is 36.5 Å². The molecule has 0 unspecified atom stereocenters. The molecule has 0 aromatic rings. The van der Waals surface area contributed by atoms with Crippen molar-refractivity contribution < 1.29 is 9.72 Å². The third-order valence-corrected chi connectivity index (χ3v) is 3.20. The predicted octanol–water partition coefficient (Wildman–Crippen LogP) is 5.03. The molecule has 0 rings (SSSR count). The monoisotopic (exact) mass is 307 g/mol. The lowest BCUT2D eigenvalue weighted by atomic mass is 10.1. The summed E-state index contributed by atoms with van der Waals surface area (Å²) in [4.78, 5) is 20.0. The molecule has 0 amide bonds. The second kappa shape index (κ2) is 17.3. The zero-order valence-electron chi connectivity index (χ0n) is 13.5. The molecule has 0 spiro atoms. The number of nitrogens with zero attached hydrogens (tertiary/aromatic N) is 1. The summed E-state index contributed by atoms with van der Waals surface area (Å²) in [5, 5.41) is 10.1. The van der Waals surface area contributed by atoms with E-state index in [1.54, 1.807) is 0 Å². The van der Waals surface area contributed by atoms with Gasteiger partial charge in [0.15, 0.2) is 0 Å². The average molecular weight is 307 g/mol. The van der Waals surface area contributed by atoms with Crippen molar-refractivity contribution in [1.29, 1.82) is 0 Å². The molecule has 0 radical (unpaired) electrons. The zero-order valence-corrected chi connectivity index (χ0v) is 13.5. The van der Waals surface area contributed by atoms with E-state index in [2.05, 4.69) is 36.5 Å². The quantitative estimate of drug-likeness (QED) is 0.140. The molecule has 0 N–H and O–H groups in total. The second-order valence-electron chi connectivity index (χ2n) is 5.24. The molecule has 0 fully saturated rings. The van der Waals surface area contributed by atoms with Crippen molar-refractivity contribution in [2.24, 2.45) is 0 Å². The third kappa shape index (κ3) is 18.3. The van der Waals surface area contributed by atoms with Crippen LogP contribution in [0, 0.1) is 10.1 Å². The molecule has 0 aliphatic carbocycles. The van der Waals surface area contributed by atoms with Crippen LogP contribution in [0.5, 0.6) is 0 Å². The first-order valence-electron chi connectivity index (χ1n) is 8.27. The highest BCUT2D eigenvalue weighted by molar-refractivity contribution is 5.48. The Balaban J connectivity index is 3.31. The van der Waals surface area contributed by atoms with Gasteiger partial charge in [0.2, 0.25) is 6.54 Å². The van der Waals surface area contributed by atoms with Crippen LogP contribution in [0.4, 0.5) is 0 Å². The molecule has 0 saturated heterocycles. The Morgan fingerprint density at radius 2 is 1.18 bits per heavy atom. The van der Waals surface area contributed by atoms with Gasteiger partial charge < -0.3 is 4.79 Å². The smallest absolute Gasteiger partial charge is 0.203 e. The number of aldehydes is 1. The van der Waals surface area contributed by atoms with Crippen molar-refractivity contribution in [1.82, 2.24) is 0 Å². The van der Waals surface area contributed by atoms with Crippen LogP contribution in [-0.2, 0) is 4.79 Å². The minimum absolute atomic E-state index is 0.0943. The fourth-order valence-electron chi connectivity index (χ4n) is 1.95. The predicted molar refractivity (Wildman–Crippen MR) is 91.5 cm³/mol.